The van der Waals surface area contributed by atoms with Gasteiger partial charge in [-0.25, -0.2) is 9.97 Å². The Balaban J connectivity index is 1.59. The summed E-state index contributed by atoms with van der Waals surface area (Å²) in [6, 6.07) is 14.2. The Morgan fingerprint density at radius 1 is 0.852 bits per heavy atom. The number of hydrogen-bond donors (Lipinski definition) is 1. The Kier molecular flexibility index (Phi) is 3.57. The van der Waals surface area contributed by atoms with Crippen LogP contribution in [-0.2, 0) is 0 Å². The molecule has 134 valence electrons. The molecule has 6 nitrogen and oxygen atoms in total. The number of fused-ring (bicyclic) bond motifs is 2. The Morgan fingerprint density at radius 3 is 2.48 bits per heavy atom. The van der Waals surface area contributed by atoms with Crippen LogP contribution in [0.3, 0.4) is 0 Å². The third-order valence-electron chi connectivity index (χ3n) is 4.71. The highest BCUT2D eigenvalue weighted by atomic mass is 16.6. The summed E-state index contributed by atoms with van der Waals surface area (Å²) in [7, 11) is 0. The molecule has 1 aliphatic rings. The van der Waals surface area contributed by atoms with E-state index in [9.17, 15) is 0 Å². The van der Waals surface area contributed by atoms with Crippen molar-refractivity contribution in [2.24, 2.45) is 0 Å². The molecule has 1 aliphatic heterocycles. The first-order chi connectivity index (χ1) is 13.2. The summed E-state index contributed by atoms with van der Waals surface area (Å²) in [4.78, 5) is 9.26. The summed E-state index contributed by atoms with van der Waals surface area (Å²) in [5.74, 6) is 3.06. The number of aryl methyl sites for hydroxylation is 2. The maximum Gasteiger partial charge on any atom is 0.181 e. The first-order valence-electron chi connectivity index (χ1n) is 8.88. The number of nitrogens with one attached hydrogen (secondary N) is 1. The van der Waals surface area contributed by atoms with Crippen molar-refractivity contribution >= 4 is 10.9 Å². The molecule has 4 aromatic rings. The smallest absolute Gasteiger partial charge is 0.181 e. The third kappa shape index (κ3) is 2.79. The summed E-state index contributed by atoms with van der Waals surface area (Å²) < 4.78 is 11.3. The summed E-state index contributed by atoms with van der Waals surface area (Å²) in [5.41, 5.74) is 5.00. The molecule has 3 heterocycles. The lowest BCUT2D eigenvalue weighted by Gasteiger charge is -2.19. The zero-order valence-corrected chi connectivity index (χ0v) is 15.1. The number of benzene rings is 2. The lowest BCUT2D eigenvalue weighted by Crippen LogP contribution is -2.15. The first kappa shape index (κ1) is 15.8. The topological polar surface area (TPSA) is 72.9 Å². The maximum absolute atomic E-state index is 5.70. The molecule has 0 amide bonds. The molecule has 0 saturated carbocycles. The fourth-order valence-corrected chi connectivity index (χ4v) is 3.36. The molecule has 2 aromatic carbocycles. The van der Waals surface area contributed by atoms with E-state index in [1.165, 1.54) is 0 Å². The van der Waals surface area contributed by atoms with Gasteiger partial charge in [-0.1, -0.05) is 0 Å². The van der Waals surface area contributed by atoms with Gasteiger partial charge in [0, 0.05) is 16.5 Å². The van der Waals surface area contributed by atoms with Gasteiger partial charge in [-0.3, -0.25) is 5.10 Å². The summed E-state index contributed by atoms with van der Waals surface area (Å²) in [5, 5.41) is 8.23. The third-order valence-corrected chi connectivity index (χ3v) is 4.71. The van der Waals surface area contributed by atoms with Gasteiger partial charge in [0.25, 0.3) is 0 Å². The monoisotopic (exact) mass is 358 g/mol. The van der Waals surface area contributed by atoms with Crippen molar-refractivity contribution < 1.29 is 9.47 Å². The number of hydrogen-bond acceptors (Lipinski definition) is 5. The highest BCUT2D eigenvalue weighted by Crippen LogP contribution is 2.35. The number of rotatable bonds is 2. The van der Waals surface area contributed by atoms with E-state index in [1.54, 1.807) is 0 Å². The fourth-order valence-electron chi connectivity index (χ4n) is 3.36. The van der Waals surface area contributed by atoms with Crippen molar-refractivity contribution in [1.82, 2.24) is 20.2 Å². The number of ether oxygens (including phenoxy) is 2. The standard InChI is InChI=1S/C21H18N4O2/c1-12-9-18(14-4-6-19-20(11-14)27-8-7-26-19)23-17-5-3-15(10-16(12)17)21-22-13(2)24-25-21/h3-6,9-11H,7-8H2,1-2H3,(H,22,24,25). The second-order valence-corrected chi connectivity index (χ2v) is 6.66. The lowest BCUT2D eigenvalue weighted by atomic mass is 10.0. The first-order valence-corrected chi connectivity index (χ1v) is 8.88. The van der Waals surface area contributed by atoms with Gasteiger partial charge < -0.3 is 9.47 Å². The second kappa shape index (κ2) is 6.09. The zero-order valence-electron chi connectivity index (χ0n) is 15.1. The number of H-pyrrole nitrogens is 1. The van der Waals surface area contributed by atoms with Crippen LogP contribution in [0, 0.1) is 13.8 Å². The molecule has 2 aromatic heterocycles. The zero-order chi connectivity index (χ0) is 18.4. The van der Waals surface area contributed by atoms with Crippen LogP contribution in [0.4, 0.5) is 0 Å². The predicted octanol–water partition coefficient (Wildman–Crippen LogP) is 4.07. The van der Waals surface area contributed by atoms with Gasteiger partial charge in [-0.05, 0) is 61.9 Å². The Bertz CT molecular complexity index is 1170. The predicted molar refractivity (Wildman–Crippen MR) is 103 cm³/mol. The van der Waals surface area contributed by atoms with Crippen LogP contribution in [0.15, 0.2) is 42.5 Å². The minimum absolute atomic E-state index is 0.574. The number of aromatic amines is 1. The SMILES string of the molecule is Cc1nc(-c2ccc3nc(-c4ccc5c(c4)OCCO5)cc(C)c3c2)n[nH]1. The molecule has 0 saturated heterocycles. The van der Waals surface area contributed by atoms with Gasteiger partial charge in [0.2, 0.25) is 0 Å². The maximum atomic E-state index is 5.70. The van der Waals surface area contributed by atoms with Gasteiger partial charge >= 0.3 is 0 Å². The van der Waals surface area contributed by atoms with E-state index in [2.05, 4.69) is 34.2 Å². The second-order valence-electron chi connectivity index (χ2n) is 6.66. The molecule has 1 N–H and O–H groups in total. The van der Waals surface area contributed by atoms with Gasteiger partial charge in [0.15, 0.2) is 17.3 Å². The minimum atomic E-state index is 0.574. The molecule has 0 bridgehead atoms. The van der Waals surface area contributed by atoms with Crippen LogP contribution in [0.5, 0.6) is 11.5 Å². The van der Waals surface area contributed by atoms with E-state index in [0.29, 0.717) is 19.0 Å². The van der Waals surface area contributed by atoms with Crippen molar-refractivity contribution in [3.05, 3.63) is 53.9 Å². The van der Waals surface area contributed by atoms with E-state index < -0.39 is 0 Å². The van der Waals surface area contributed by atoms with Crippen molar-refractivity contribution in [2.75, 3.05) is 13.2 Å². The Hall–Kier alpha value is -3.41. The molecule has 5 rings (SSSR count). The van der Waals surface area contributed by atoms with Crippen molar-refractivity contribution in [3.63, 3.8) is 0 Å². The van der Waals surface area contributed by atoms with Crippen LogP contribution in [0.2, 0.25) is 0 Å². The molecule has 27 heavy (non-hydrogen) atoms. The highest BCUT2D eigenvalue weighted by molar-refractivity contribution is 5.88. The molecule has 0 aliphatic carbocycles. The van der Waals surface area contributed by atoms with Gasteiger partial charge in [0.1, 0.15) is 19.0 Å². The molecule has 0 radical (unpaired) electrons. The van der Waals surface area contributed by atoms with E-state index >= 15 is 0 Å². The molecular weight excluding hydrogens is 340 g/mol. The number of aromatic nitrogens is 4. The van der Waals surface area contributed by atoms with Crippen LogP contribution in [0.25, 0.3) is 33.5 Å². The van der Waals surface area contributed by atoms with Gasteiger partial charge in [0.05, 0.1) is 11.2 Å². The number of nitrogens with zero attached hydrogens (tertiary/aromatic N) is 3. The van der Waals surface area contributed by atoms with Crippen LogP contribution >= 0.6 is 0 Å². The summed E-state index contributed by atoms with van der Waals surface area (Å²) in [6.45, 7) is 5.15. The minimum Gasteiger partial charge on any atom is -0.486 e. The van der Waals surface area contributed by atoms with Crippen LogP contribution in [-0.4, -0.2) is 33.4 Å². The summed E-state index contributed by atoms with van der Waals surface area (Å²) >= 11 is 0. The lowest BCUT2D eigenvalue weighted by molar-refractivity contribution is 0.171. The highest BCUT2D eigenvalue weighted by Gasteiger charge is 2.14. The molecule has 0 unspecified atom stereocenters. The molecule has 0 spiro atoms. The quantitative estimate of drug-likeness (QED) is 0.585. The van der Waals surface area contributed by atoms with E-state index in [0.717, 1.165) is 50.6 Å². The van der Waals surface area contributed by atoms with Crippen LogP contribution in [0.1, 0.15) is 11.4 Å². The Morgan fingerprint density at radius 2 is 1.67 bits per heavy atom. The average molecular weight is 358 g/mol. The van der Waals surface area contributed by atoms with Gasteiger partial charge in [-0.2, -0.15) is 5.10 Å². The summed E-state index contributed by atoms with van der Waals surface area (Å²) in [6.07, 6.45) is 0. The normalized spacial score (nSPS) is 13.1. The fraction of sp³-hybridized carbons (Fsp3) is 0.190. The Labute approximate surface area is 156 Å². The van der Waals surface area contributed by atoms with Crippen LogP contribution < -0.4 is 9.47 Å². The average Bonchev–Trinajstić information content (AvgIpc) is 3.13. The molecule has 0 atom stereocenters. The van der Waals surface area contributed by atoms with Crippen molar-refractivity contribution in [2.45, 2.75) is 13.8 Å². The van der Waals surface area contributed by atoms with E-state index in [4.69, 9.17) is 14.5 Å². The molecule has 6 heteroatoms. The van der Waals surface area contributed by atoms with E-state index in [1.807, 2.05) is 37.3 Å². The number of pyridine rings is 1. The van der Waals surface area contributed by atoms with Crippen molar-refractivity contribution in [3.8, 4) is 34.1 Å². The molecule has 0 fully saturated rings. The largest absolute Gasteiger partial charge is 0.486 e. The van der Waals surface area contributed by atoms with Crippen molar-refractivity contribution in [1.29, 1.82) is 0 Å². The van der Waals surface area contributed by atoms with E-state index in [-0.39, 0.29) is 0 Å². The van der Waals surface area contributed by atoms with Gasteiger partial charge in [-0.15, -0.1) is 0 Å². The molecular formula is C21H18N4O2.